The summed E-state index contributed by atoms with van der Waals surface area (Å²) < 4.78 is 0. The molecule has 0 spiro atoms. The summed E-state index contributed by atoms with van der Waals surface area (Å²) in [6.07, 6.45) is 2.55. The molecular weight excluding hydrogens is 260 g/mol. The number of thioether (sulfide) groups is 1. The van der Waals surface area contributed by atoms with Crippen molar-refractivity contribution >= 4 is 23.5 Å². The van der Waals surface area contributed by atoms with E-state index in [2.05, 4.69) is 10.6 Å². The van der Waals surface area contributed by atoms with Gasteiger partial charge in [0.1, 0.15) is 0 Å². The zero-order valence-electron chi connectivity index (χ0n) is 11.7. The van der Waals surface area contributed by atoms with E-state index in [4.69, 9.17) is 5.11 Å². The molecule has 19 heavy (non-hydrogen) atoms. The first kappa shape index (κ1) is 15.9. The zero-order chi connectivity index (χ0) is 14.3. The number of carbonyl (C=O) groups is 1. The largest absolute Gasteiger partial charge is 0.396 e. The maximum Gasteiger partial charge on any atom is 0.319 e. The van der Waals surface area contributed by atoms with Crippen LogP contribution < -0.4 is 10.6 Å². The van der Waals surface area contributed by atoms with Gasteiger partial charge in [0.2, 0.25) is 0 Å². The Morgan fingerprint density at radius 3 is 2.53 bits per heavy atom. The summed E-state index contributed by atoms with van der Waals surface area (Å²) >= 11 is 1.65. The van der Waals surface area contributed by atoms with Crippen molar-refractivity contribution in [3.63, 3.8) is 0 Å². The third-order valence-electron chi connectivity index (χ3n) is 2.90. The smallest absolute Gasteiger partial charge is 0.319 e. The molecule has 0 heterocycles. The maximum atomic E-state index is 12.0. The highest BCUT2D eigenvalue weighted by molar-refractivity contribution is 7.98. The summed E-state index contributed by atoms with van der Waals surface area (Å²) in [5.74, 6) is 0.792. The Morgan fingerprint density at radius 2 is 2.00 bits per heavy atom. The lowest BCUT2D eigenvalue weighted by Crippen LogP contribution is -2.40. The number of carbonyl (C=O) groups excluding carboxylic acids is 1. The van der Waals surface area contributed by atoms with Crippen molar-refractivity contribution in [2.24, 2.45) is 0 Å². The van der Waals surface area contributed by atoms with Crippen molar-refractivity contribution in [3.8, 4) is 0 Å². The second-order valence-corrected chi connectivity index (χ2v) is 5.44. The number of amides is 2. The van der Waals surface area contributed by atoms with Gasteiger partial charge in [0.25, 0.3) is 0 Å². The van der Waals surface area contributed by atoms with Crippen molar-refractivity contribution < 1.29 is 9.90 Å². The molecule has 1 aromatic carbocycles. The van der Waals surface area contributed by atoms with E-state index in [0.29, 0.717) is 6.42 Å². The SMILES string of the molecule is CSCC(CCO)NC(=O)Nc1c(C)cccc1C. The summed E-state index contributed by atoms with van der Waals surface area (Å²) in [5.41, 5.74) is 2.93. The first-order valence-corrected chi connectivity index (χ1v) is 7.71. The fraction of sp³-hybridized carbons (Fsp3) is 0.500. The number of nitrogens with one attached hydrogen (secondary N) is 2. The molecule has 4 nitrogen and oxygen atoms in total. The minimum absolute atomic E-state index is 0.00988. The lowest BCUT2D eigenvalue weighted by Gasteiger charge is -2.18. The van der Waals surface area contributed by atoms with Crippen LogP contribution in [0.2, 0.25) is 0 Å². The monoisotopic (exact) mass is 282 g/mol. The number of hydrogen-bond donors (Lipinski definition) is 3. The third-order valence-corrected chi connectivity index (χ3v) is 3.64. The predicted octanol–water partition coefficient (Wildman–Crippen LogP) is 2.54. The molecule has 0 saturated carbocycles. The zero-order valence-corrected chi connectivity index (χ0v) is 12.5. The van der Waals surface area contributed by atoms with Crippen molar-refractivity contribution in [2.45, 2.75) is 26.3 Å². The van der Waals surface area contributed by atoms with E-state index in [0.717, 1.165) is 22.6 Å². The average molecular weight is 282 g/mol. The van der Waals surface area contributed by atoms with Crippen LogP contribution >= 0.6 is 11.8 Å². The van der Waals surface area contributed by atoms with Gasteiger partial charge in [0.15, 0.2) is 0 Å². The topological polar surface area (TPSA) is 61.4 Å². The number of aliphatic hydroxyl groups is 1. The Hall–Kier alpha value is -1.20. The quantitative estimate of drug-likeness (QED) is 0.751. The summed E-state index contributed by atoms with van der Waals surface area (Å²) in [5, 5.41) is 14.7. The van der Waals surface area contributed by atoms with Gasteiger partial charge in [-0.1, -0.05) is 18.2 Å². The molecule has 5 heteroatoms. The van der Waals surface area contributed by atoms with Crippen LogP contribution in [0.1, 0.15) is 17.5 Å². The summed E-state index contributed by atoms with van der Waals surface area (Å²) in [4.78, 5) is 12.0. The van der Waals surface area contributed by atoms with Crippen LogP contribution in [0.4, 0.5) is 10.5 Å². The van der Waals surface area contributed by atoms with Gasteiger partial charge in [-0.15, -0.1) is 0 Å². The molecule has 0 saturated heterocycles. The van der Waals surface area contributed by atoms with Crippen LogP contribution in [0.3, 0.4) is 0 Å². The second kappa shape index (κ2) is 8.07. The van der Waals surface area contributed by atoms with Gasteiger partial charge in [-0.25, -0.2) is 4.79 Å². The number of anilines is 1. The van der Waals surface area contributed by atoms with Gasteiger partial charge in [-0.2, -0.15) is 11.8 Å². The van der Waals surface area contributed by atoms with Crippen molar-refractivity contribution in [1.29, 1.82) is 0 Å². The Balaban J connectivity index is 2.63. The van der Waals surface area contributed by atoms with Crippen LogP contribution in [0.5, 0.6) is 0 Å². The van der Waals surface area contributed by atoms with Gasteiger partial charge in [0.05, 0.1) is 0 Å². The van der Waals surface area contributed by atoms with Crippen LogP contribution in [0.25, 0.3) is 0 Å². The van der Waals surface area contributed by atoms with Gasteiger partial charge in [-0.3, -0.25) is 0 Å². The Bertz CT molecular complexity index is 398. The highest BCUT2D eigenvalue weighted by Crippen LogP contribution is 2.19. The molecule has 1 unspecified atom stereocenters. The highest BCUT2D eigenvalue weighted by atomic mass is 32.2. The Morgan fingerprint density at radius 1 is 1.37 bits per heavy atom. The lowest BCUT2D eigenvalue weighted by molar-refractivity contribution is 0.241. The van der Waals surface area contributed by atoms with Crippen molar-refractivity contribution in [3.05, 3.63) is 29.3 Å². The molecule has 0 radical (unpaired) electrons. The van der Waals surface area contributed by atoms with Gasteiger partial charge in [-0.05, 0) is 37.7 Å². The fourth-order valence-corrected chi connectivity index (χ4v) is 2.55. The van der Waals surface area contributed by atoms with Crippen molar-refractivity contribution in [1.82, 2.24) is 5.32 Å². The van der Waals surface area contributed by atoms with Gasteiger partial charge >= 0.3 is 6.03 Å². The molecule has 0 fully saturated rings. The number of rotatable bonds is 6. The molecule has 0 bridgehead atoms. The molecular formula is C14H22N2O2S. The van der Waals surface area contributed by atoms with E-state index in [1.165, 1.54) is 0 Å². The van der Waals surface area contributed by atoms with Crippen LogP contribution in [-0.2, 0) is 0 Å². The minimum Gasteiger partial charge on any atom is -0.396 e. The van der Waals surface area contributed by atoms with E-state index < -0.39 is 0 Å². The van der Waals surface area contributed by atoms with E-state index in [9.17, 15) is 4.79 Å². The summed E-state index contributed by atoms with van der Waals surface area (Å²) in [6, 6.07) is 5.68. The van der Waals surface area contributed by atoms with Crippen LogP contribution in [-0.4, -0.2) is 35.8 Å². The molecule has 3 N–H and O–H groups in total. The fourth-order valence-electron chi connectivity index (χ4n) is 1.90. The minimum atomic E-state index is -0.218. The summed E-state index contributed by atoms with van der Waals surface area (Å²) in [6.45, 7) is 4.01. The molecule has 0 aliphatic carbocycles. The number of aryl methyl sites for hydroxylation is 2. The van der Waals surface area contributed by atoms with E-state index in [1.807, 2.05) is 38.3 Å². The van der Waals surface area contributed by atoms with E-state index in [1.54, 1.807) is 11.8 Å². The van der Waals surface area contributed by atoms with Crippen LogP contribution in [0, 0.1) is 13.8 Å². The standard InChI is InChI=1S/C14H22N2O2S/c1-10-5-4-6-11(2)13(10)16-14(18)15-12(7-8-17)9-19-3/h4-6,12,17H,7-9H2,1-3H3,(H2,15,16,18). The number of aliphatic hydroxyl groups excluding tert-OH is 1. The first-order valence-electron chi connectivity index (χ1n) is 6.32. The molecule has 2 amide bonds. The summed E-state index contributed by atoms with van der Waals surface area (Å²) in [7, 11) is 0. The number of hydrogen-bond acceptors (Lipinski definition) is 3. The van der Waals surface area contributed by atoms with E-state index in [-0.39, 0.29) is 18.7 Å². The van der Waals surface area contributed by atoms with Gasteiger partial charge in [0, 0.05) is 24.1 Å². The molecule has 0 aliphatic rings. The predicted molar refractivity (Wildman–Crippen MR) is 81.9 cm³/mol. The second-order valence-electron chi connectivity index (χ2n) is 4.53. The number of urea groups is 1. The Kier molecular flexibility index (Phi) is 6.73. The molecule has 1 atom stereocenters. The molecule has 0 aliphatic heterocycles. The molecule has 1 aromatic rings. The van der Waals surface area contributed by atoms with E-state index >= 15 is 0 Å². The first-order chi connectivity index (χ1) is 9.08. The normalized spacial score (nSPS) is 12.0. The van der Waals surface area contributed by atoms with Crippen molar-refractivity contribution in [2.75, 3.05) is 23.9 Å². The lowest BCUT2D eigenvalue weighted by atomic mass is 10.1. The van der Waals surface area contributed by atoms with Gasteiger partial charge < -0.3 is 15.7 Å². The highest BCUT2D eigenvalue weighted by Gasteiger charge is 2.12. The number of para-hydroxylation sites is 1. The average Bonchev–Trinajstić information content (AvgIpc) is 2.35. The number of benzene rings is 1. The molecule has 0 aromatic heterocycles. The Labute approximate surface area is 119 Å². The molecule has 106 valence electrons. The van der Waals surface area contributed by atoms with Crippen LogP contribution in [0.15, 0.2) is 18.2 Å². The molecule has 1 rings (SSSR count). The maximum absolute atomic E-state index is 12.0. The third kappa shape index (κ3) is 5.12.